The molecule has 1 heterocycles. The van der Waals surface area contributed by atoms with Crippen molar-refractivity contribution < 1.29 is 13.2 Å². The van der Waals surface area contributed by atoms with Crippen LogP contribution in [0.2, 0.25) is 0 Å². The molecule has 5 heteroatoms. The Balaban J connectivity index is 2.36. The highest BCUT2D eigenvalue weighted by atomic mass is 32.2. The first-order chi connectivity index (χ1) is 5.24. The second kappa shape index (κ2) is 4.04. The Morgan fingerprint density at radius 2 is 1.91 bits per heavy atom. The first-order valence-corrected chi connectivity index (χ1v) is 4.79. The fourth-order valence-electron chi connectivity index (χ4n) is 1.24. The van der Waals surface area contributed by atoms with Crippen LogP contribution in [0, 0.1) is 0 Å². The van der Waals surface area contributed by atoms with Gasteiger partial charge in [0.2, 0.25) is 10.9 Å². The largest absolute Gasteiger partial charge is 0.381 e. The summed E-state index contributed by atoms with van der Waals surface area (Å²) in [5, 5.41) is 0. The fourth-order valence-corrected chi connectivity index (χ4v) is 1.80. The van der Waals surface area contributed by atoms with E-state index >= 15 is 0 Å². The van der Waals surface area contributed by atoms with Gasteiger partial charge >= 0.3 is 0 Å². The van der Waals surface area contributed by atoms with Gasteiger partial charge < -0.3 is 4.74 Å². The maximum absolute atomic E-state index is 10.5. The lowest BCUT2D eigenvalue weighted by atomic mass is 10.1. The molecule has 0 atom stereocenters. The summed E-state index contributed by atoms with van der Waals surface area (Å²) in [5.41, 5.74) is 0. The van der Waals surface area contributed by atoms with Crippen molar-refractivity contribution >= 4 is 10.9 Å². The van der Waals surface area contributed by atoms with Gasteiger partial charge in [-0.1, -0.05) is 0 Å². The van der Waals surface area contributed by atoms with Gasteiger partial charge in [-0.05, 0) is 12.8 Å². The molecular formula is C6H13NO3S. The standard InChI is InChI=1S/C6H13NO3S/c1-10-6-2-4-7(5-3-6)11(8)9/h6,11H,2-5H2,1H3. The van der Waals surface area contributed by atoms with Crippen molar-refractivity contribution in [1.29, 1.82) is 0 Å². The molecule has 0 spiro atoms. The number of ether oxygens (including phenoxy) is 1. The van der Waals surface area contributed by atoms with E-state index in [0.717, 1.165) is 12.8 Å². The monoisotopic (exact) mass is 179 g/mol. The molecule has 1 saturated heterocycles. The maximum atomic E-state index is 10.5. The number of thiol groups is 1. The van der Waals surface area contributed by atoms with Gasteiger partial charge in [0.15, 0.2) is 0 Å². The van der Waals surface area contributed by atoms with Gasteiger partial charge in [0.25, 0.3) is 0 Å². The molecule has 0 unspecified atom stereocenters. The summed E-state index contributed by atoms with van der Waals surface area (Å²) in [5.74, 6) is 0. The first-order valence-electron chi connectivity index (χ1n) is 3.66. The van der Waals surface area contributed by atoms with E-state index in [9.17, 15) is 8.42 Å². The van der Waals surface area contributed by atoms with E-state index in [0.29, 0.717) is 13.1 Å². The molecular weight excluding hydrogens is 166 g/mol. The summed E-state index contributed by atoms with van der Waals surface area (Å²) in [7, 11) is -0.701. The van der Waals surface area contributed by atoms with Crippen LogP contribution in [0.25, 0.3) is 0 Å². The Morgan fingerprint density at radius 3 is 2.27 bits per heavy atom. The molecule has 0 aliphatic carbocycles. The van der Waals surface area contributed by atoms with E-state index in [1.165, 1.54) is 4.31 Å². The smallest absolute Gasteiger partial charge is 0.203 e. The fraction of sp³-hybridized carbons (Fsp3) is 1.00. The zero-order valence-electron chi connectivity index (χ0n) is 6.52. The Kier molecular flexibility index (Phi) is 3.29. The number of piperidine rings is 1. The predicted octanol–water partition coefficient (Wildman–Crippen LogP) is -0.376. The summed E-state index contributed by atoms with van der Waals surface area (Å²) in [6.45, 7) is 1.22. The zero-order valence-corrected chi connectivity index (χ0v) is 7.42. The molecule has 4 nitrogen and oxygen atoms in total. The predicted molar refractivity (Wildman–Crippen MR) is 41.9 cm³/mol. The molecule has 0 amide bonds. The van der Waals surface area contributed by atoms with Crippen LogP contribution in [0.5, 0.6) is 0 Å². The van der Waals surface area contributed by atoms with Crippen LogP contribution < -0.4 is 0 Å². The van der Waals surface area contributed by atoms with Crippen LogP contribution in [0.1, 0.15) is 12.8 Å². The third-order valence-electron chi connectivity index (χ3n) is 1.98. The van der Waals surface area contributed by atoms with Crippen molar-refractivity contribution in [3.8, 4) is 0 Å². The summed E-state index contributed by atoms with van der Waals surface area (Å²) in [4.78, 5) is 0. The van der Waals surface area contributed by atoms with Gasteiger partial charge in [0.1, 0.15) is 0 Å². The third-order valence-corrected chi connectivity index (χ3v) is 2.84. The van der Waals surface area contributed by atoms with E-state index < -0.39 is 10.9 Å². The van der Waals surface area contributed by atoms with E-state index in [1.54, 1.807) is 7.11 Å². The summed E-state index contributed by atoms with van der Waals surface area (Å²) in [6.07, 6.45) is 1.89. The molecule has 0 bridgehead atoms. The van der Waals surface area contributed by atoms with Gasteiger partial charge in [-0.15, -0.1) is 0 Å². The molecule has 0 aromatic heterocycles. The van der Waals surface area contributed by atoms with Crippen molar-refractivity contribution in [2.75, 3.05) is 20.2 Å². The lowest BCUT2D eigenvalue weighted by Gasteiger charge is -2.26. The highest BCUT2D eigenvalue weighted by molar-refractivity contribution is 7.69. The molecule has 0 aromatic rings. The second-order valence-electron chi connectivity index (χ2n) is 2.63. The van der Waals surface area contributed by atoms with E-state index in [1.807, 2.05) is 0 Å². The van der Waals surface area contributed by atoms with Crippen LogP contribution in [0.15, 0.2) is 0 Å². The maximum Gasteiger partial charge on any atom is 0.203 e. The average Bonchev–Trinajstić information content (AvgIpc) is 2.05. The van der Waals surface area contributed by atoms with E-state index in [-0.39, 0.29) is 6.10 Å². The summed E-state index contributed by atoms with van der Waals surface area (Å²) in [6, 6.07) is 0. The van der Waals surface area contributed by atoms with Crippen molar-refractivity contribution in [2.24, 2.45) is 0 Å². The number of hydrogen-bond acceptors (Lipinski definition) is 3. The van der Waals surface area contributed by atoms with Crippen LogP contribution in [-0.2, 0) is 15.6 Å². The van der Waals surface area contributed by atoms with Crippen LogP contribution in [0.3, 0.4) is 0 Å². The third kappa shape index (κ3) is 2.43. The molecule has 1 fully saturated rings. The Morgan fingerprint density at radius 1 is 1.36 bits per heavy atom. The number of nitrogens with zero attached hydrogens (tertiary/aromatic N) is 1. The molecule has 0 aromatic carbocycles. The summed E-state index contributed by atoms with van der Waals surface area (Å²) >= 11 is 0. The number of rotatable bonds is 2. The lowest BCUT2D eigenvalue weighted by Crippen LogP contribution is -2.35. The number of methoxy groups -OCH3 is 1. The molecule has 1 aliphatic rings. The van der Waals surface area contributed by atoms with Crippen LogP contribution in [-0.4, -0.2) is 39.0 Å². The van der Waals surface area contributed by atoms with Gasteiger partial charge in [-0.25, -0.2) is 12.7 Å². The molecule has 66 valence electrons. The molecule has 0 saturated carbocycles. The second-order valence-corrected chi connectivity index (χ2v) is 3.67. The minimum absolute atomic E-state index is 0.251. The van der Waals surface area contributed by atoms with Crippen LogP contribution in [0.4, 0.5) is 0 Å². The minimum Gasteiger partial charge on any atom is -0.381 e. The molecule has 11 heavy (non-hydrogen) atoms. The Bertz CT molecular complexity index is 176. The normalized spacial score (nSPS) is 22.7. The van der Waals surface area contributed by atoms with Crippen molar-refractivity contribution in [1.82, 2.24) is 4.31 Å². The molecule has 1 rings (SSSR count). The van der Waals surface area contributed by atoms with E-state index in [4.69, 9.17) is 4.74 Å². The van der Waals surface area contributed by atoms with Crippen molar-refractivity contribution in [2.45, 2.75) is 18.9 Å². The minimum atomic E-state index is -2.36. The molecule has 1 aliphatic heterocycles. The zero-order chi connectivity index (χ0) is 8.27. The Hall–Kier alpha value is -0.130. The number of hydrogen-bond donors (Lipinski definition) is 1. The highest BCUT2D eigenvalue weighted by Gasteiger charge is 2.19. The first kappa shape index (κ1) is 8.96. The van der Waals surface area contributed by atoms with Crippen molar-refractivity contribution in [3.63, 3.8) is 0 Å². The van der Waals surface area contributed by atoms with Crippen molar-refractivity contribution in [3.05, 3.63) is 0 Å². The summed E-state index contributed by atoms with van der Waals surface area (Å²) < 4.78 is 27.5. The SMILES string of the molecule is COC1CCN([SH](=O)=O)CC1. The topological polar surface area (TPSA) is 46.6 Å². The Labute approximate surface area is 68.2 Å². The van der Waals surface area contributed by atoms with Gasteiger partial charge in [-0.2, -0.15) is 0 Å². The molecule has 0 N–H and O–H groups in total. The quantitative estimate of drug-likeness (QED) is 0.588. The van der Waals surface area contributed by atoms with Gasteiger partial charge in [-0.3, -0.25) is 0 Å². The van der Waals surface area contributed by atoms with Gasteiger partial charge in [0.05, 0.1) is 6.10 Å². The average molecular weight is 179 g/mol. The van der Waals surface area contributed by atoms with Gasteiger partial charge in [0, 0.05) is 20.2 Å². The highest BCUT2D eigenvalue weighted by Crippen LogP contribution is 2.11. The molecule has 0 radical (unpaired) electrons. The van der Waals surface area contributed by atoms with E-state index in [2.05, 4.69) is 0 Å². The lowest BCUT2D eigenvalue weighted by molar-refractivity contribution is 0.0611. The van der Waals surface area contributed by atoms with Crippen LogP contribution >= 0.6 is 0 Å².